The van der Waals surface area contributed by atoms with Gasteiger partial charge in [0.25, 0.3) is 0 Å². The molecule has 0 fully saturated rings. The first-order valence-electron chi connectivity index (χ1n) is 7.93. The van der Waals surface area contributed by atoms with E-state index in [9.17, 15) is 0 Å². The summed E-state index contributed by atoms with van der Waals surface area (Å²) in [6.45, 7) is 4.80. The van der Waals surface area contributed by atoms with Gasteiger partial charge in [-0.25, -0.2) is 4.99 Å². The highest BCUT2D eigenvalue weighted by molar-refractivity contribution is 5.77. The molecule has 0 aromatic heterocycles. The molecule has 4 nitrogen and oxygen atoms in total. The quantitative estimate of drug-likeness (QED) is 0.582. The average Bonchev–Trinajstić information content (AvgIpc) is 2.60. The van der Waals surface area contributed by atoms with Crippen LogP contribution >= 0.6 is 0 Å². The molecule has 2 aromatic carbocycles. The van der Waals surface area contributed by atoms with E-state index < -0.39 is 0 Å². The topological polar surface area (TPSA) is 59.6 Å². The third kappa shape index (κ3) is 6.98. The number of benzene rings is 2. The van der Waals surface area contributed by atoms with Crippen LogP contribution in [0.4, 0.5) is 0 Å². The Morgan fingerprint density at radius 3 is 2.30 bits per heavy atom. The van der Waals surface area contributed by atoms with Crippen molar-refractivity contribution in [2.75, 3.05) is 13.2 Å². The van der Waals surface area contributed by atoms with E-state index in [4.69, 9.17) is 10.5 Å². The summed E-state index contributed by atoms with van der Waals surface area (Å²) >= 11 is 0. The van der Waals surface area contributed by atoms with Crippen molar-refractivity contribution < 1.29 is 4.74 Å². The Hall–Kier alpha value is -2.33. The third-order valence-electron chi connectivity index (χ3n) is 3.42. The van der Waals surface area contributed by atoms with E-state index in [1.165, 1.54) is 5.56 Å². The summed E-state index contributed by atoms with van der Waals surface area (Å²) in [6, 6.07) is 20.3. The molecule has 0 amide bonds. The summed E-state index contributed by atoms with van der Waals surface area (Å²) in [5, 5.41) is 3.15. The average molecular weight is 311 g/mol. The fourth-order valence-corrected chi connectivity index (χ4v) is 2.11. The monoisotopic (exact) mass is 311 g/mol. The molecule has 0 aliphatic heterocycles. The van der Waals surface area contributed by atoms with Crippen molar-refractivity contribution in [3.63, 3.8) is 0 Å². The summed E-state index contributed by atoms with van der Waals surface area (Å²) in [7, 11) is 0. The van der Waals surface area contributed by atoms with E-state index in [1.54, 1.807) is 0 Å². The second-order valence-electron chi connectivity index (χ2n) is 5.67. The summed E-state index contributed by atoms with van der Waals surface area (Å²) in [4.78, 5) is 4.34. The first-order valence-corrected chi connectivity index (χ1v) is 7.93. The predicted octanol–water partition coefficient (Wildman–Crippen LogP) is 2.94. The molecular formula is C19H25N3O. The van der Waals surface area contributed by atoms with Crippen LogP contribution < -0.4 is 11.1 Å². The molecule has 0 bridgehead atoms. The molecule has 0 saturated carbocycles. The fraction of sp³-hybridized carbons (Fsp3) is 0.316. The number of ether oxygens (including phenoxy) is 1. The van der Waals surface area contributed by atoms with E-state index >= 15 is 0 Å². The van der Waals surface area contributed by atoms with Crippen LogP contribution in [0.5, 0.6) is 0 Å². The maximum Gasteiger partial charge on any atom is 0.188 e. The SMILES string of the molecule is CC(CNC(N)=NCc1ccccc1)COCc1ccccc1. The van der Waals surface area contributed by atoms with Crippen molar-refractivity contribution in [1.29, 1.82) is 0 Å². The van der Waals surface area contributed by atoms with Gasteiger partial charge in [-0.15, -0.1) is 0 Å². The van der Waals surface area contributed by atoms with Gasteiger partial charge in [0, 0.05) is 6.54 Å². The minimum atomic E-state index is 0.365. The molecule has 0 saturated heterocycles. The van der Waals surface area contributed by atoms with Gasteiger partial charge in [0.1, 0.15) is 0 Å². The first-order chi connectivity index (χ1) is 11.2. The van der Waals surface area contributed by atoms with Crippen LogP contribution in [0.3, 0.4) is 0 Å². The smallest absolute Gasteiger partial charge is 0.188 e. The Kier molecular flexibility index (Phi) is 7.14. The summed E-state index contributed by atoms with van der Waals surface area (Å²) < 4.78 is 5.72. The molecule has 2 rings (SSSR count). The summed E-state index contributed by atoms with van der Waals surface area (Å²) in [5.41, 5.74) is 8.23. The van der Waals surface area contributed by atoms with Crippen LogP contribution in [0, 0.1) is 5.92 Å². The normalized spacial score (nSPS) is 12.8. The van der Waals surface area contributed by atoms with E-state index in [2.05, 4.69) is 29.4 Å². The first kappa shape index (κ1) is 17.0. The molecule has 2 aromatic rings. The zero-order valence-electron chi connectivity index (χ0n) is 13.6. The highest BCUT2D eigenvalue weighted by Gasteiger charge is 2.03. The molecule has 0 aliphatic rings. The van der Waals surface area contributed by atoms with Gasteiger partial charge in [0.2, 0.25) is 0 Å². The molecule has 122 valence electrons. The van der Waals surface area contributed by atoms with Gasteiger partial charge in [-0.2, -0.15) is 0 Å². The molecule has 1 unspecified atom stereocenters. The highest BCUT2D eigenvalue weighted by atomic mass is 16.5. The van der Waals surface area contributed by atoms with Crippen molar-refractivity contribution in [2.24, 2.45) is 16.6 Å². The second kappa shape index (κ2) is 9.64. The van der Waals surface area contributed by atoms with Crippen molar-refractivity contribution in [3.05, 3.63) is 71.8 Å². The van der Waals surface area contributed by atoms with Gasteiger partial charge in [0.15, 0.2) is 5.96 Å². The number of nitrogens with two attached hydrogens (primary N) is 1. The Morgan fingerprint density at radius 1 is 1.04 bits per heavy atom. The number of aliphatic imine (C=N–C) groups is 1. The van der Waals surface area contributed by atoms with Gasteiger partial charge in [-0.05, 0) is 17.0 Å². The number of nitrogens with one attached hydrogen (secondary N) is 1. The summed E-state index contributed by atoms with van der Waals surface area (Å²) in [5.74, 6) is 0.841. The molecular weight excluding hydrogens is 286 g/mol. The van der Waals surface area contributed by atoms with E-state index in [-0.39, 0.29) is 0 Å². The zero-order valence-corrected chi connectivity index (χ0v) is 13.6. The van der Waals surface area contributed by atoms with Crippen molar-refractivity contribution in [2.45, 2.75) is 20.1 Å². The lowest BCUT2D eigenvalue weighted by molar-refractivity contribution is 0.0931. The number of hydrogen-bond acceptors (Lipinski definition) is 2. The molecule has 0 aliphatic carbocycles. The van der Waals surface area contributed by atoms with Gasteiger partial charge < -0.3 is 15.8 Å². The fourth-order valence-electron chi connectivity index (χ4n) is 2.11. The Morgan fingerprint density at radius 2 is 1.65 bits per heavy atom. The van der Waals surface area contributed by atoms with Crippen LogP contribution in [0.25, 0.3) is 0 Å². The Balaban J connectivity index is 1.62. The minimum Gasteiger partial charge on any atom is -0.376 e. The molecule has 0 spiro atoms. The number of hydrogen-bond donors (Lipinski definition) is 2. The predicted molar refractivity (Wildman–Crippen MR) is 95.0 cm³/mol. The maximum atomic E-state index is 5.89. The van der Waals surface area contributed by atoms with E-state index in [1.807, 2.05) is 48.5 Å². The Bertz CT molecular complexity index is 584. The number of rotatable bonds is 8. The van der Waals surface area contributed by atoms with Crippen LogP contribution in [-0.2, 0) is 17.9 Å². The number of nitrogens with zero attached hydrogens (tertiary/aromatic N) is 1. The van der Waals surface area contributed by atoms with Crippen molar-refractivity contribution in [3.8, 4) is 0 Å². The maximum absolute atomic E-state index is 5.89. The van der Waals surface area contributed by atoms with Gasteiger partial charge in [-0.3, -0.25) is 0 Å². The van der Waals surface area contributed by atoms with Crippen LogP contribution in [0.15, 0.2) is 65.7 Å². The Labute approximate surface area is 138 Å². The standard InChI is InChI=1S/C19H25N3O/c1-16(14-23-15-18-10-6-3-7-11-18)12-21-19(20)22-13-17-8-4-2-5-9-17/h2-11,16H,12-15H2,1H3,(H3,20,21,22). The second-order valence-corrected chi connectivity index (χ2v) is 5.67. The lowest BCUT2D eigenvalue weighted by Gasteiger charge is -2.13. The van der Waals surface area contributed by atoms with Crippen LogP contribution in [-0.4, -0.2) is 19.1 Å². The molecule has 23 heavy (non-hydrogen) atoms. The molecule has 0 heterocycles. The lowest BCUT2D eigenvalue weighted by atomic mass is 10.2. The van der Waals surface area contributed by atoms with Gasteiger partial charge in [0.05, 0.1) is 19.8 Å². The minimum absolute atomic E-state index is 0.365. The van der Waals surface area contributed by atoms with Crippen molar-refractivity contribution in [1.82, 2.24) is 5.32 Å². The molecule has 4 heteroatoms. The number of guanidine groups is 1. The van der Waals surface area contributed by atoms with E-state index in [0.29, 0.717) is 31.6 Å². The molecule has 1 atom stereocenters. The van der Waals surface area contributed by atoms with Gasteiger partial charge in [-0.1, -0.05) is 67.6 Å². The lowest BCUT2D eigenvalue weighted by Crippen LogP contribution is -2.35. The zero-order chi connectivity index (χ0) is 16.3. The summed E-state index contributed by atoms with van der Waals surface area (Å²) in [6.07, 6.45) is 0. The largest absolute Gasteiger partial charge is 0.376 e. The highest BCUT2D eigenvalue weighted by Crippen LogP contribution is 2.03. The van der Waals surface area contributed by atoms with Crippen molar-refractivity contribution >= 4 is 5.96 Å². The third-order valence-corrected chi connectivity index (χ3v) is 3.42. The molecule has 0 radical (unpaired) electrons. The van der Waals surface area contributed by atoms with Gasteiger partial charge >= 0.3 is 0 Å². The van der Waals surface area contributed by atoms with Crippen LogP contribution in [0.1, 0.15) is 18.1 Å². The van der Waals surface area contributed by atoms with Crippen LogP contribution in [0.2, 0.25) is 0 Å². The van der Waals surface area contributed by atoms with E-state index in [0.717, 1.165) is 12.1 Å². The molecule has 3 N–H and O–H groups in total.